The van der Waals surface area contributed by atoms with E-state index in [9.17, 15) is 45.4 Å². The molecule has 4 N–H and O–H groups in total. The lowest BCUT2D eigenvalue weighted by molar-refractivity contribution is -0.249. The van der Waals surface area contributed by atoms with Crippen LogP contribution in [-0.2, 0) is 11.3 Å². The Kier molecular flexibility index (Phi) is 8.89. The molecule has 4 heterocycles. The number of anilines is 1. The van der Waals surface area contributed by atoms with E-state index in [1.54, 1.807) is 12.1 Å². The second-order valence-corrected chi connectivity index (χ2v) is 12.0. The van der Waals surface area contributed by atoms with Crippen LogP contribution in [0.5, 0.6) is 0 Å². The maximum absolute atomic E-state index is 14.8. The lowest BCUT2D eigenvalue weighted by Crippen LogP contribution is -2.56. The van der Waals surface area contributed by atoms with E-state index in [0.29, 0.717) is 27.2 Å². The average Bonchev–Trinajstić information content (AvgIpc) is 3.52. The molecule has 2 aromatic heterocycles. The highest BCUT2D eigenvalue weighted by atomic mass is 35.5. The molecule has 0 bridgehead atoms. The number of rotatable bonds is 6. The summed E-state index contributed by atoms with van der Waals surface area (Å²) in [7, 11) is 0. The van der Waals surface area contributed by atoms with Crippen molar-refractivity contribution in [3.8, 4) is 11.3 Å². The highest BCUT2D eigenvalue weighted by molar-refractivity contribution is 6.34. The number of halogens is 8. The largest absolute Gasteiger partial charge is 0.426 e. The fourth-order valence-corrected chi connectivity index (χ4v) is 5.93. The molecule has 0 spiro atoms. The minimum absolute atomic E-state index is 0.0367. The number of nitrogens with two attached hydrogens (primary N) is 1. The molecule has 2 amide bonds. The monoisotopic (exact) mass is 679 g/mol. The van der Waals surface area contributed by atoms with Crippen molar-refractivity contribution in [1.29, 1.82) is 0 Å². The van der Waals surface area contributed by atoms with Crippen molar-refractivity contribution >= 4 is 34.7 Å². The Balaban J connectivity index is 1.37. The number of benzene rings is 1. The van der Waals surface area contributed by atoms with E-state index in [0.717, 1.165) is 0 Å². The summed E-state index contributed by atoms with van der Waals surface area (Å²) < 4.78 is 95.2. The molecule has 2 saturated heterocycles. The topological polar surface area (TPSA) is 129 Å². The smallest absolute Gasteiger partial charge is 0.382 e. The standard InChI is InChI=1S/C28H29ClF7N7O3/c1-26(46,28(34,35)36)25(45)42-11-19(30)20(12-42)40-24(44)17-8-14(2-3-18(17)29)21-9-15(22-23(37)38-13-39-43(21)22)10-41-6-4-16(5-7-41)27(31,32)33/h2-3,8-9,13,16,19-20,46H,4-7,10-12H2,1H3,(H,40,44)(H2,37,38,39)/t19-,20+,26?/m0/s1. The number of nitrogens with zero attached hydrogens (tertiary/aromatic N) is 5. The van der Waals surface area contributed by atoms with Gasteiger partial charge in [-0.05, 0) is 56.6 Å². The zero-order valence-electron chi connectivity index (χ0n) is 24.2. The van der Waals surface area contributed by atoms with E-state index in [2.05, 4.69) is 15.4 Å². The molecule has 2 aliphatic rings. The maximum Gasteiger partial charge on any atom is 0.426 e. The third-order valence-corrected chi connectivity index (χ3v) is 8.76. The van der Waals surface area contributed by atoms with Crippen LogP contribution >= 0.6 is 11.6 Å². The summed E-state index contributed by atoms with van der Waals surface area (Å²) in [4.78, 5) is 31.9. The zero-order valence-corrected chi connectivity index (χ0v) is 24.9. The van der Waals surface area contributed by atoms with Crippen LogP contribution in [0.2, 0.25) is 5.02 Å². The zero-order chi connectivity index (χ0) is 33.8. The number of hydrogen-bond acceptors (Lipinski definition) is 7. The highest BCUT2D eigenvalue weighted by Crippen LogP contribution is 2.36. The number of fused-ring (bicyclic) bond motifs is 1. The number of piperidine rings is 1. The van der Waals surface area contributed by atoms with Gasteiger partial charge in [0.15, 0.2) is 5.82 Å². The molecule has 46 heavy (non-hydrogen) atoms. The van der Waals surface area contributed by atoms with Gasteiger partial charge in [-0.3, -0.25) is 14.5 Å². The summed E-state index contributed by atoms with van der Waals surface area (Å²) >= 11 is 6.29. The van der Waals surface area contributed by atoms with E-state index in [4.69, 9.17) is 17.3 Å². The van der Waals surface area contributed by atoms with Gasteiger partial charge in [0.05, 0.1) is 34.8 Å². The van der Waals surface area contributed by atoms with Crippen molar-refractivity contribution in [2.75, 3.05) is 31.9 Å². The van der Waals surface area contributed by atoms with Crippen LogP contribution in [0.15, 0.2) is 30.6 Å². The van der Waals surface area contributed by atoms with Gasteiger partial charge in [0.1, 0.15) is 18.0 Å². The first-order valence-electron chi connectivity index (χ1n) is 14.1. The number of aliphatic hydroxyl groups is 1. The third kappa shape index (κ3) is 6.44. The van der Waals surface area contributed by atoms with E-state index in [-0.39, 0.29) is 55.8 Å². The quantitative estimate of drug-likeness (QED) is 0.336. The first-order chi connectivity index (χ1) is 21.4. The van der Waals surface area contributed by atoms with E-state index in [1.807, 2.05) is 4.90 Å². The normalized spacial score (nSPS) is 21.5. The van der Waals surface area contributed by atoms with Crippen LogP contribution in [0.3, 0.4) is 0 Å². The summed E-state index contributed by atoms with van der Waals surface area (Å²) in [6.45, 7) is -0.462. The molecule has 0 aliphatic carbocycles. The second-order valence-electron chi connectivity index (χ2n) is 11.6. The molecule has 3 atom stereocenters. The molecule has 2 aliphatic heterocycles. The van der Waals surface area contributed by atoms with Crippen molar-refractivity contribution in [3.63, 3.8) is 0 Å². The summed E-state index contributed by atoms with van der Waals surface area (Å²) in [5, 5.41) is 16.3. The van der Waals surface area contributed by atoms with Crippen LogP contribution in [0.4, 0.5) is 36.6 Å². The van der Waals surface area contributed by atoms with Gasteiger partial charge < -0.3 is 21.1 Å². The van der Waals surface area contributed by atoms with Crippen LogP contribution in [0.25, 0.3) is 16.8 Å². The Bertz CT molecular complexity index is 1640. The van der Waals surface area contributed by atoms with Gasteiger partial charge >= 0.3 is 12.4 Å². The number of nitrogens with one attached hydrogen (secondary N) is 1. The predicted molar refractivity (Wildman–Crippen MR) is 151 cm³/mol. The molecule has 2 fully saturated rings. The Labute approximate surface area is 262 Å². The molecule has 1 aromatic carbocycles. The van der Waals surface area contributed by atoms with Gasteiger partial charge in [-0.15, -0.1) is 0 Å². The number of nitrogen functional groups attached to an aromatic ring is 1. The lowest BCUT2D eigenvalue weighted by atomic mass is 9.96. The molecule has 18 heteroatoms. The molecule has 0 radical (unpaired) electrons. The molecule has 0 saturated carbocycles. The fourth-order valence-electron chi connectivity index (χ4n) is 5.73. The molecule has 5 rings (SSSR count). The number of amides is 2. The average molecular weight is 680 g/mol. The number of alkyl halides is 7. The number of likely N-dealkylation sites (tertiary alicyclic amines) is 2. The van der Waals surface area contributed by atoms with Gasteiger partial charge in [0.25, 0.3) is 11.8 Å². The molecular formula is C28H29ClF7N7O3. The number of aromatic nitrogens is 3. The Morgan fingerprint density at radius 3 is 2.41 bits per heavy atom. The van der Waals surface area contributed by atoms with E-state index < -0.39 is 61.0 Å². The molecule has 10 nitrogen and oxygen atoms in total. The van der Waals surface area contributed by atoms with Gasteiger partial charge in [-0.2, -0.15) is 31.4 Å². The Hall–Kier alpha value is -3.70. The Morgan fingerprint density at radius 1 is 1.11 bits per heavy atom. The van der Waals surface area contributed by atoms with E-state index in [1.165, 1.54) is 23.0 Å². The lowest BCUT2D eigenvalue weighted by Gasteiger charge is -2.32. The van der Waals surface area contributed by atoms with Crippen LogP contribution in [0, 0.1) is 5.92 Å². The minimum Gasteiger partial charge on any atom is -0.382 e. The van der Waals surface area contributed by atoms with Crippen molar-refractivity contribution in [2.45, 2.75) is 56.5 Å². The second kappa shape index (κ2) is 12.2. The SMILES string of the molecule is CC(O)(C(=O)N1C[C@H](F)[C@H](NC(=O)c2cc(-c3cc(CN4CCC(C(F)(F)F)CC4)c4c(N)ncnn34)ccc2Cl)C1)C(F)(F)F. The van der Waals surface area contributed by atoms with Crippen LogP contribution in [-0.4, -0.2) is 97.7 Å². The first-order valence-corrected chi connectivity index (χ1v) is 14.5. The molecule has 250 valence electrons. The summed E-state index contributed by atoms with van der Waals surface area (Å²) in [5.74, 6) is -3.87. The molecule has 1 unspecified atom stereocenters. The van der Waals surface area contributed by atoms with Gasteiger partial charge in [0.2, 0.25) is 5.60 Å². The minimum atomic E-state index is -5.30. The number of carbonyl (C=O) groups excluding carboxylic acids is 2. The van der Waals surface area contributed by atoms with Crippen molar-refractivity contribution in [1.82, 2.24) is 29.7 Å². The summed E-state index contributed by atoms with van der Waals surface area (Å²) in [6.07, 6.45) is -10.4. The third-order valence-electron chi connectivity index (χ3n) is 8.43. The van der Waals surface area contributed by atoms with Crippen molar-refractivity contribution in [3.05, 3.63) is 46.7 Å². The fraction of sp³-hybridized carbons (Fsp3) is 0.500. The molecular weight excluding hydrogens is 651 g/mol. The van der Waals surface area contributed by atoms with Gasteiger partial charge in [-0.25, -0.2) is 13.9 Å². The van der Waals surface area contributed by atoms with Crippen molar-refractivity contribution < 1.29 is 45.4 Å². The van der Waals surface area contributed by atoms with Crippen LogP contribution in [0.1, 0.15) is 35.7 Å². The Morgan fingerprint density at radius 2 is 1.78 bits per heavy atom. The summed E-state index contributed by atoms with van der Waals surface area (Å²) in [5.41, 5.74) is 4.19. The van der Waals surface area contributed by atoms with Gasteiger partial charge in [-0.1, -0.05) is 17.7 Å². The first kappa shape index (κ1) is 33.7. The number of carbonyl (C=O) groups is 2. The molecule has 3 aromatic rings. The van der Waals surface area contributed by atoms with Crippen molar-refractivity contribution in [2.24, 2.45) is 5.92 Å². The predicted octanol–water partition coefficient (Wildman–Crippen LogP) is 4.00. The number of hydrogen-bond donors (Lipinski definition) is 3. The van der Waals surface area contributed by atoms with Gasteiger partial charge in [0, 0.05) is 18.7 Å². The maximum atomic E-state index is 14.8. The summed E-state index contributed by atoms with van der Waals surface area (Å²) in [6, 6.07) is 4.68. The highest BCUT2D eigenvalue weighted by Gasteiger charge is 2.58. The van der Waals surface area contributed by atoms with Crippen LogP contribution < -0.4 is 11.1 Å². The van der Waals surface area contributed by atoms with E-state index >= 15 is 0 Å².